The first kappa shape index (κ1) is 27.9. The van der Waals surface area contributed by atoms with Gasteiger partial charge in [-0.3, -0.25) is 9.89 Å². The number of fused-ring (bicyclic) bond motifs is 1. The smallest absolute Gasteiger partial charge is 0.368 e. The van der Waals surface area contributed by atoms with Crippen molar-refractivity contribution in [2.45, 2.75) is 19.3 Å². The third kappa shape index (κ3) is 5.83. The number of hydrogen-bond acceptors (Lipinski definition) is 5. The van der Waals surface area contributed by atoms with Gasteiger partial charge in [0.05, 0.1) is 11.1 Å². The molecular formula is C23H16F7N5O3. The van der Waals surface area contributed by atoms with Crippen molar-refractivity contribution >= 4 is 29.2 Å². The Kier molecular flexibility index (Phi) is 7.91. The summed E-state index contributed by atoms with van der Waals surface area (Å²) < 4.78 is 94.9. The molecule has 200 valence electrons. The van der Waals surface area contributed by atoms with E-state index in [0.717, 1.165) is 12.1 Å². The van der Waals surface area contributed by atoms with Crippen LogP contribution in [-0.2, 0) is 21.9 Å². The number of aromatic amines is 1. The first-order chi connectivity index (χ1) is 17.8. The summed E-state index contributed by atoms with van der Waals surface area (Å²) in [5, 5.41) is 8.07. The van der Waals surface area contributed by atoms with E-state index in [0.29, 0.717) is 12.1 Å². The Balaban J connectivity index is 0.00000127. The maximum atomic E-state index is 13.8. The summed E-state index contributed by atoms with van der Waals surface area (Å²) >= 11 is 0. The van der Waals surface area contributed by atoms with E-state index < -0.39 is 40.8 Å². The SMILES string of the molecule is CCNc1c(-c2ccc(C(F)(F)F)cc2C(F)(F)F)nc2c(C(=O)Nc3ccc(F)cc3)c[nH]n12.O=C=O. The predicted octanol–water partition coefficient (Wildman–Crippen LogP) is 5.61. The van der Waals surface area contributed by atoms with Crippen LogP contribution in [0.2, 0.25) is 0 Å². The molecule has 0 aliphatic rings. The molecule has 15 heteroatoms. The molecule has 8 nitrogen and oxygen atoms in total. The van der Waals surface area contributed by atoms with Gasteiger partial charge in [-0.05, 0) is 43.3 Å². The maximum Gasteiger partial charge on any atom is 0.417 e. The number of amides is 1. The number of benzene rings is 2. The third-order valence-corrected chi connectivity index (χ3v) is 5.05. The molecule has 0 atom stereocenters. The number of hydrogen-bond donors (Lipinski definition) is 3. The molecule has 1 amide bonds. The van der Waals surface area contributed by atoms with Gasteiger partial charge in [0.1, 0.15) is 17.1 Å². The fraction of sp³-hybridized carbons (Fsp3) is 0.174. The quantitative estimate of drug-likeness (QED) is 0.284. The second-order valence-electron chi connectivity index (χ2n) is 7.49. The fourth-order valence-electron chi connectivity index (χ4n) is 3.50. The highest BCUT2D eigenvalue weighted by atomic mass is 19.4. The Morgan fingerprint density at radius 2 is 1.66 bits per heavy atom. The topological polar surface area (TPSA) is 108 Å². The number of imidazole rings is 1. The van der Waals surface area contributed by atoms with Crippen LogP contribution in [0.15, 0.2) is 48.7 Å². The highest BCUT2D eigenvalue weighted by Gasteiger charge is 2.39. The zero-order valence-corrected chi connectivity index (χ0v) is 19.1. The summed E-state index contributed by atoms with van der Waals surface area (Å²) in [5.41, 5.74) is -3.73. The van der Waals surface area contributed by atoms with E-state index in [1.54, 1.807) is 6.92 Å². The summed E-state index contributed by atoms with van der Waals surface area (Å²) in [6.07, 6.45) is -8.57. The lowest BCUT2D eigenvalue weighted by atomic mass is 10.0. The van der Waals surface area contributed by atoms with E-state index in [-0.39, 0.29) is 47.2 Å². The first-order valence-electron chi connectivity index (χ1n) is 10.5. The zero-order valence-electron chi connectivity index (χ0n) is 19.1. The lowest BCUT2D eigenvalue weighted by molar-refractivity contribution is -0.191. The Bertz CT molecular complexity index is 1480. The van der Waals surface area contributed by atoms with E-state index in [9.17, 15) is 35.5 Å². The highest BCUT2D eigenvalue weighted by Crippen LogP contribution is 2.42. The van der Waals surface area contributed by atoms with Gasteiger partial charge in [-0.1, -0.05) is 6.07 Å². The number of nitrogens with one attached hydrogen (secondary N) is 3. The number of nitrogens with zero attached hydrogens (tertiary/aromatic N) is 2. The van der Waals surface area contributed by atoms with Gasteiger partial charge >= 0.3 is 18.5 Å². The molecule has 38 heavy (non-hydrogen) atoms. The van der Waals surface area contributed by atoms with Crippen LogP contribution in [0.4, 0.5) is 42.2 Å². The van der Waals surface area contributed by atoms with E-state index in [4.69, 9.17) is 9.59 Å². The second kappa shape index (κ2) is 10.8. The van der Waals surface area contributed by atoms with Gasteiger partial charge in [-0.15, -0.1) is 0 Å². The molecule has 0 radical (unpaired) electrons. The Hall–Kier alpha value is -4.65. The highest BCUT2D eigenvalue weighted by molar-refractivity contribution is 6.08. The van der Waals surface area contributed by atoms with Crippen LogP contribution in [0, 0.1) is 5.82 Å². The number of H-pyrrole nitrogens is 1. The number of alkyl halides is 6. The standard InChI is InChI=1S/C22H16F7N5O.CO2/c1-2-30-19-17(14-8-3-11(21(24,25)26)9-16(14)22(27,28)29)33-18-15(10-31-34(18)19)20(35)32-13-6-4-12(23)5-7-13;2-1-3/h3-10,30-31H,2H2,1H3,(H,32,35);. The van der Waals surface area contributed by atoms with Crippen LogP contribution in [0.5, 0.6) is 0 Å². The molecule has 4 rings (SSSR count). The van der Waals surface area contributed by atoms with Gasteiger partial charge in [-0.25, -0.2) is 13.9 Å². The number of carbonyl (C=O) groups is 1. The summed E-state index contributed by atoms with van der Waals surface area (Å²) in [4.78, 5) is 33.2. The minimum Gasteiger partial charge on any atom is -0.368 e. The lowest BCUT2D eigenvalue weighted by Crippen LogP contribution is -2.13. The van der Waals surface area contributed by atoms with Crippen LogP contribution in [0.3, 0.4) is 0 Å². The lowest BCUT2D eigenvalue weighted by Gasteiger charge is -2.16. The van der Waals surface area contributed by atoms with Gasteiger partial charge in [0, 0.05) is 24.0 Å². The van der Waals surface area contributed by atoms with Gasteiger partial charge < -0.3 is 10.6 Å². The van der Waals surface area contributed by atoms with E-state index in [2.05, 4.69) is 20.7 Å². The van der Waals surface area contributed by atoms with Crippen molar-refractivity contribution in [3.8, 4) is 11.3 Å². The molecular weight excluding hydrogens is 527 g/mol. The Morgan fingerprint density at radius 3 is 2.21 bits per heavy atom. The minimum absolute atomic E-state index is 0.0218. The van der Waals surface area contributed by atoms with E-state index in [1.807, 2.05) is 0 Å². The van der Waals surface area contributed by atoms with Crippen molar-refractivity contribution in [1.82, 2.24) is 14.6 Å². The molecule has 0 spiro atoms. The average molecular weight is 543 g/mol. The number of rotatable bonds is 5. The molecule has 4 aromatic rings. The van der Waals surface area contributed by atoms with Crippen LogP contribution in [0.1, 0.15) is 28.4 Å². The molecule has 2 aromatic carbocycles. The average Bonchev–Trinajstić information content (AvgIpc) is 3.40. The second-order valence-corrected chi connectivity index (χ2v) is 7.49. The molecule has 0 bridgehead atoms. The van der Waals surface area contributed by atoms with Crippen LogP contribution in [0.25, 0.3) is 16.9 Å². The van der Waals surface area contributed by atoms with Crippen molar-refractivity contribution in [2.75, 3.05) is 17.2 Å². The van der Waals surface area contributed by atoms with Crippen molar-refractivity contribution in [3.05, 3.63) is 71.2 Å². The van der Waals surface area contributed by atoms with Crippen LogP contribution in [-0.4, -0.2) is 33.2 Å². The Morgan fingerprint density at radius 1 is 1.03 bits per heavy atom. The zero-order chi connectivity index (χ0) is 28.3. The molecule has 0 aliphatic heterocycles. The van der Waals surface area contributed by atoms with Gasteiger partial charge in [0.15, 0.2) is 11.5 Å². The molecule has 2 heterocycles. The van der Waals surface area contributed by atoms with Crippen molar-refractivity contribution in [1.29, 1.82) is 0 Å². The predicted molar refractivity (Wildman–Crippen MR) is 119 cm³/mol. The van der Waals surface area contributed by atoms with Crippen molar-refractivity contribution in [2.24, 2.45) is 0 Å². The number of carbonyl (C=O) groups excluding carboxylic acids is 3. The van der Waals surface area contributed by atoms with Gasteiger partial charge in [0.2, 0.25) is 0 Å². The molecule has 0 saturated carbocycles. The molecule has 0 saturated heterocycles. The molecule has 0 aliphatic carbocycles. The Labute approximate surface area is 208 Å². The summed E-state index contributed by atoms with van der Waals surface area (Å²) in [5.74, 6) is -1.18. The number of halogens is 7. The van der Waals surface area contributed by atoms with Crippen LogP contribution < -0.4 is 10.6 Å². The summed E-state index contributed by atoms with van der Waals surface area (Å²) in [6, 6.07) is 6.15. The van der Waals surface area contributed by atoms with Gasteiger partial charge in [0.25, 0.3) is 5.91 Å². The molecule has 2 aromatic heterocycles. The first-order valence-corrected chi connectivity index (χ1v) is 10.5. The number of anilines is 2. The maximum absolute atomic E-state index is 13.8. The van der Waals surface area contributed by atoms with Crippen molar-refractivity contribution < 1.29 is 45.1 Å². The largest absolute Gasteiger partial charge is 0.417 e. The van der Waals surface area contributed by atoms with Crippen molar-refractivity contribution in [3.63, 3.8) is 0 Å². The fourth-order valence-corrected chi connectivity index (χ4v) is 3.50. The minimum atomic E-state index is -5.11. The van der Waals surface area contributed by atoms with Crippen LogP contribution >= 0.6 is 0 Å². The van der Waals surface area contributed by atoms with E-state index >= 15 is 0 Å². The summed E-state index contributed by atoms with van der Waals surface area (Å²) in [6.45, 7) is 1.89. The molecule has 3 N–H and O–H groups in total. The molecule has 0 fully saturated rings. The van der Waals surface area contributed by atoms with Gasteiger partial charge in [-0.2, -0.15) is 35.9 Å². The molecule has 0 unspecified atom stereocenters. The monoisotopic (exact) mass is 543 g/mol. The number of aromatic nitrogens is 3. The third-order valence-electron chi connectivity index (χ3n) is 5.05. The summed E-state index contributed by atoms with van der Waals surface area (Å²) in [7, 11) is 0. The van der Waals surface area contributed by atoms with E-state index in [1.165, 1.54) is 22.8 Å². The normalized spacial score (nSPS) is 11.5.